The molecule has 3 rings (SSSR count). The van der Waals surface area contributed by atoms with Gasteiger partial charge in [0.2, 0.25) is 11.8 Å². The second-order valence-corrected chi connectivity index (χ2v) is 10.7. The van der Waals surface area contributed by atoms with Crippen molar-refractivity contribution < 1.29 is 32.7 Å². The number of carbonyl (C=O) groups excluding carboxylic acids is 2. The number of carboxylic acid groups (broad SMARTS) is 1. The second kappa shape index (κ2) is 12.6. The maximum atomic E-state index is 13.6. The first kappa shape index (κ1) is 30.1. The Morgan fingerprint density at radius 3 is 2.38 bits per heavy atom. The molecule has 3 atom stereocenters. The minimum Gasteiger partial charge on any atom is -0.481 e. The molecule has 2 amide bonds. The first-order valence-corrected chi connectivity index (χ1v) is 13.2. The topological polar surface area (TPSA) is 99.6 Å². The molecular formula is C29H36F3N3O4. The number of aromatic nitrogens is 1. The monoisotopic (exact) mass is 547 g/mol. The van der Waals surface area contributed by atoms with Gasteiger partial charge in [-0.3, -0.25) is 19.4 Å². The van der Waals surface area contributed by atoms with Crippen molar-refractivity contribution in [1.29, 1.82) is 0 Å². The number of aryl methyl sites for hydroxylation is 2. The SMILES string of the molecule is Cc1cccc(C)c1-c1cncc([C@H](CC(=O)O)NC(=O)[C@H](CCC(C)C)N2CCC(C(F)(F)F)CC2=O)c1. The number of hydrogen-bond donors (Lipinski definition) is 2. The lowest BCUT2D eigenvalue weighted by molar-refractivity contribution is -0.191. The quantitative estimate of drug-likeness (QED) is 0.403. The number of aliphatic carboxylic acids is 1. The Labute approximate surface area is 226 Å². The summed E-state index contributed by atoms with van der Waals surface area (Å²) in [5.41, 5.74) is 4.24. The van der Waals surface area contributed by atoms with Gasteiger partial charge in [-0.25, -0.2) is 0 Å². The number of alkyl halides is 3. The number of likely N-dealkylation sites (tertiary alicyclic amines) is 1. The fourth-order valence-electron chi connectivity index (χ4n) is 5.13. The van der Waals surface area contributed by atoms with Gasteiger partial charge in [-0.1, -0.05) is 32.0 Å². The summed E-state index contributed by atoms with van der Waals surface area (Å²) in [7, 11) is 0. The first-order valence-electron chi connectivity index (χ1n) is 13.2. The number of benzene rings is 1. The molecule has 2 aromatic rings. The molecule has 7 nitrogen and oxygen atoms in total. The van der Waals surface area contributed by atoms with Gasteiger partial charge in [0.1, 0.15) is 6.04 Å². The van der Waals surface area contributed by atoms with E-state index in [1.165, 1.54) is 11.1 Å². The molecule has 1 saturated heterocycles. The minimum atomic E-state index is -4.47. The molecule has 10 heteroatoms. The molecule has 1 fully saturated rings. The summed E-state index contributed by atoms with van der Waals surface area (Å²) in [5, 5.41) is 12.4. The normalized spacial score (nSPS) is 17.7. The summed E-state index contributed by atoms with van der Waals surface area (Å²) in [6, 6.07) is 5.71. The lowest BCUT2D eigenvalue weighted by atomic mass is 9.92. The van der Waals surface area contributed by atoms with Gasteiger partial charge < -0.3 is 15.3 Å². The van der Waals surface area contributed by atoms with Crippen LogP contribution in [0.3, 0.4) is 0 Å². The van der Waals surface area contributed by atoms with Gasteiger partial charge in [-0.2, -0.15) is 13.2 Å². The molecule has 0 bridgehead atoms. The Balaban J connectivity index is 1.89. The van der Waals surface area contributed by atoms with Crippen LogP contribution in [0.5, 0.6) is 0 Å². The maximum Gasteiger partial charge on any atom is 0.392 e. The lowest BCUT2D eigenvalue weighted by Crippen LogP contribution is -2.54. The largest absolute Gasteiger partial charge is 0.481 e. The van der Waals surface area contributed by atoms with E-state index in [9.17, 15) is 32.7 Å². The van der Waals surface area contributed by atoms with Gasteiger partial charge in [0, 0.05) is 30.9 Å². The number of pyridine rings is 1. The van der Waals surface area contributed by atoms with Crippen LogP contribution in [0.2, 0.25) is 0 Å². The van der Waals surface area contributed by atoms with E-state index in [0.717, 1.165) is 22.3 Å². The number of nitrogens with one attached hydrogen (secondary N) is 1. The van der Waals surface area contributed by atoms with Crippen molar-refractivity contribution in [3.8, 4) is 11.1 Å². The highest BCUT2D eigenvalue weighted by Gasteiger charge is 2.46. The predicted molar refractivity (Wildman–Crippen MR) is 141 cm³/mol. The van der Waals surface area contributed by atoms with Gasteiger partial charge in [0.25, 0.3) is 0 Å². The van der Waals surface area contributed by atoms with Gasteiger partial charge in [-0.05, 0) is 67.3 Å². The van der Waals surface area contributed by atoms with Crippen molar-refractivity contribution >= 4 is 17.8 Å². The summed E-state index contributed by atoms with van der Waals surface area (Å²) >= 11 is 0. The van der Waals surface area contributed by atoms with Crippen LogP contribution < -0.4 is 5.32 Å². The van der Waals surface area contributed by atoms with Crippen molar-refractivity contribution in [1.82, 2.24) is 15.2 Å². The average Bonchev–Trinajstić information content (AvgIpc) is 2.83. The van der Waals surface area contributed by atoms with Crippen LogP contribution in [-0.2, 0) is 14.4 Å². The highest BCUT2D eigenvalue weighted by molar-refractivity contribution is 5.88. The maximum absolute atomic E-state index is 13.6. The fourth-order valence-corrected chi connectivity index (χ4v) is 5.13. The summed E-state index contributed by atoms with van der Waals surface area (Å²) < 4.78 is 39.7. The molecule has 1 aliphatic heterocycles. The fraction of sp³-hybridized carbons (Fsp3) is 0.517. The predicted octanol–water partition coefficient (Wildman–Crippen LogP) is 5.60. The van der Waals surface area contributed by atoms with Crippen LogP contribution in [-0.4, -0.2) is 51.5 Å². The van der Waals surface area contributed by atoms with Crippen molar-refractivity contribution in [3.63, 3.8) is 0 Å². The zero-order valence-electron chi connectivity index (χ0n) is 22.7. The molecule has 0 aliphatic carbocycles. The molecule has 1 aromatic carbocycles. The summed E-state index contributed by atoms with van der Waals surface area (Å²) in [6.07, 6.45) is -1.88. The van der Waals surface area contributed by atoms with Crippen molar-refractivity contribution in [2.45, 2.75) is 78.1 Å². The molecule has 0 saturated carbocycles. The number of piperidine rings is 1. The molecule has 39 heavy (non-hydrogen) atoms. The Bertz CT molecular complexity index is 1180. The van der Waals surface area contributed by atoms with Gasteiger partial charge in [0.15, 0.2) is 0 Å². The summed E-state index contributed by atoms with van der Waals surface area (Å²) in [6.45, 7) is 7.63. The third-order valence-corrected chi connectivity index (χ3v) is 7.25. The Kier molecular flexibility index (Phi) is 9.74. The molecule has 0 radical (unpaired) electrons. The van der Waals surface area contributed by atoms with Crippen LogP contribution in [0, 0.1) is 25.7 Å². The van der Waals surface area contributed by atoms with E-state index in [1.807, 2.05) is 45.9 Å². The summed E-state index contributed by atoms with van der Waals surface area (Å²) in [5.74, 6) is -3.98. The van der Waals surface area contributed by atoms with E-state index in [2.05, 4.69) is 10.3 Å². The van der Waals surface area contributed by atoms with E-state index in [0.29, 0.717) is 12.0 Å². The average molecular weight is 548 g/mol. The molecule has 2 heterocycles. The molecular weight excluding hydrogens is 511 g/mol. The van der Waals surface area contributed by atoms with Gasteiger partial charge in [-0.15, -0.1) is 0 Å². The zero-order chi connectivity index (χ0) is 28.9. The molecule has 2 N–H and O–H groups in total. The van der Waals surface area contributed by atoms with E-state index in [-0.39, 0.29) is 25.3 Å². The van der Waals surface area contributed by atoms with E-state index in [1.54, 1.807) is 12.3 Å². The van der Waals surface area contributed by atoms with Crippen LogP contribution in [0.25, 0.3) is 11.1 Å². The number of amides is 2. The molecule has 0 spiro atoms. The third-order valence-electron chi connectivity index (χ3n) is 7.25. The van der Waals surface area contributed by atoms with Crippen molar-refractivity contribution in [2.75, 3.05) is 6.54 Å². The number of halogens is 3. The zero-order valence-corrected chi connectivity index (χ0v) is 22.7. The lowest BCUT2D eigenvalue weighted by Gasteiger charge is -2.38. The van der Waals surface area contributed by atoms with Crippen molar-refractivity contribution in [2.24, 2.45) is 11.8 Å². The second-order valence-electron chi connectivity index (χ2n) is 10.7. The van der Waals surface area contributed by atoms with E-state index in [4.69, 9.17) is 0 Å². The highest BCUT2D eigenvalue weighted by atomic mass is 19.4. The van der Waals surface area contributed by atoms with E-state index < -0.39 is 54.8 Å². The van der Waals surface area contributed by atoms with Crippen LogP contribution in [0.4, 0.5) is 13.2 Å². The molecule has 1 aromatic heterocycles. The number of nitrogens with zero attached hydrogens (tertiary/aromatic N) is 2. The standard InChI is InChI=1S/C29H36F3N3O4/c1-17(2)8-9-24(35-11-10-22(13-25(35)36)29(30,31)32)28(39)34-23(14-26(37)38)20-12-21(16-33-15-20)27-18(3)6-5-7-19(27)4/h5-7,12,15-17,22-24H,8-11,13-14H2,1-4H3,(H,34,39)(H,37,38)/t22?,23-,24-/m0/s1. The van der Waals surface area contributed by atoms with E-state index >= 15 is 0 Å². The Morgan fingerprint density at radius 2 is 1.82 bits per heavy atom. The summed E-state index contributed by atoms with van der Waals surface area (Å²) in [4.78, 5) is 43.6. The Morgan fingerprint density at radius 1 is 1.15 bits per heavy atom. The van der Waals surface area contributed by atoms with Crippen LogP contribution in [0.15, 0.2) is 36.7 Å². The number of rotatable bonds is 10. The molecule has 212 valence electrons. The van der Waals surface area contributed by atoms with Crippen molar-refractivity contribution in [3.05, 3.63) is 53.3 Å². The minimum absolute atomic E-state index is 0.188. The molecule has 1 aliphatic rings. The highest BCUT2D eigenvalue weighted by Crippen LogP contribution is 2.36. The number of carbonyl (C=O) groups is 3. The smallest absolute Gasteiger partial charge is 0.392 e. The Hall–Kier alpha value is -3.43. The number of carboxylic acids is 1. The molecule has 1 unspecified atom stereocenters. The van der Waals surface area contributed by atoms with Crippen LogP contribution in [0.1, 0.15) is 68.7 Å². The van der Waals surface area contributed by atoms with Gasteiger partial charge in [0.05, 0.1) is 18.4 Å². The third kappa shape index (κ3) is 7.80. The van der Waals surface area contributed by atoms with Gasteiger partial charge >= 0.3 is 12.1 Å². The first-order chi connectivity index (χ1) is 18.3. The number of hydrogen-bond acceptors (Lipinski definition) is 4. The van der Waals surface area contributed by atoms with Crippen LogP contribution >= 0.6 is 0 Å².